The molecule has 0 saturated carbocycles. The fourth-order valence-corrected chi connectivity index (χ4v) is 2.13. The minimum Gasteiger partial charge on any atom is -0.493 e. The number of aromatic nitrogens is 2. The lowest BCUT2D eigenvalue weighted by molar-refractivity contribution is 0.231. The van der Waals surface area contributed by atoms with E-state index < -0.39 is 0 Å². The van der Waals surface area contributed by atoms with Crippen LogP contribution in [0.25, 0.3) is 0 Å². The highest BCUT2D eigenvalue weighted by Crippen LogP contribution is 2.35. The van der Waals surface area contributed by atoms with Crippen molar-refractivity contribution < 1.29 is 14.0 Å². The zero-order chi connectivity index (χ0) is 15.2. The first-order valence-electron chi connectivity index (χ1n) is 6.68. The van der Waals surface area contributed by atoms with Crippen molar-refractivity contribution in [3.05, 3.63) is 34.4 Å². The molecule has 0 bridgehead atoms. The molecule has 2 rings (SSSR count). The van der Waals surface area contributed by atoms with Crippen LogP contribution >= 0.6 is 11.6 Å². The average Bonchev–Trinajstić information content (AvgIpc) is 2.93. The molecule has 0 aliphatic heterocycles. The van der Waals surface area contributed by atoms with Gasteiger partial charge in [-0.15, -0.1) is 0 Å². The summed E-state index contributed by atoms with van der Waals surface area (Å²) in [6.45, 7) is 2.50. The summed E-state index contributed by atoms with van der Waals surface area (Å²) >= 11 is 6.00. The Kier molecular flexibility index (Phi) is 5.41. The number of rotatable bonds is 7. The van der Waals surface area contributed by atoms with Crippen LogP contribution in [0.15, 0.2) is 16.7 Å². The first-order chi connectivity index (χ1) is 10.2. The minimum absolute atomic E-state index is 0.154. The maximum atomic E-state index is 6.00. The summed E-state index contributed by atoms with van der Waals surface area (Å²) < 4.78 is 16.1. The molecule has 0 saturated heterocycles. The van der Waals surface area contributed by atoms with Crippen LogP contribution in [0.3, 0.4) is 0 Å². The zero-order valence-electron chi connectivity index (χ0n) is 12.1. The zero-order valence-corrected chi connectivity index (χ0v) is 12.8. The van der Waals surface area contributed by atoms with Crippen molar-refractivity contribution in [3.8, 4) is 11.5 Å². The Bertz CT molecular complexity index is 576. The van der Waals surface area contributed by atoms with Crippen LogP contribution in [0.1, 0.15) is 30.6 Å². The normalized spacial score (nSPS) is 10.7. The van der Waals surface area contributed by atoms with Crippen LogP contribution in [0, 0.1) is 0 Å². The molecule has 0 aliphatic carbocycles. The molecule has 0 spiro atoms. The van der Waals surface area contributed by atoms with E-state index >= 15 is 0 Å². The molecular weight excluding hydrogens is 294 g/mol. The van der Waals surface area contributed by atoms with E-state index in [1.807, 2.05) is 0 Å². The summed E-state index contributed by atoms with van der Waals surface area (Å²) in [5, 5.41) is 4.42. The van der Waals surface area contributed by atoms with Gasteiger partial charge in [0.1, 0.15) is 0 Å². The van der Waals surface area contributed by atoms with E-state index in [0.29, 0.717) is 28.2 Å². The van der Waals surface area contributed by atoms with Gasteiger partial charge < -0.3 is 19.7 Å². The van der Waals surface area contributed by atoms with E-state index in [0.717, 1.165) is 18.4 Å². The van der Waals surface area contributed by atoms with Gasteiger partial charge in [0.2, 0.25) is 0 Å². The molecule has 0 fully saturated rings. The molecule has 1 aromatic carbocycles. The standard InChI is InChI=1S/C14H18ClN3O3/c1-3-4-12-17-13(21-18-12)8-20-14-9(7-16)5-10(15)6-11(14)19-2/h5-6H,3-4,7-8,16H2,1-2H3. The largest absolute Gasteiger partial charge is 0.493 e. The van der Waals surface area contributed by atoms with E-state index in [4.69, 9.17) is 31.3 Å². The lowest BCUT2D eigenvalue weighted by Crippen LogP contribution is -2.05. The maximum absolute atomic E-state index is 6.00. The van der Waals surface area contributed by atoms with Gasteiger partial charge in [0.15, 0.2) is 23.9 Å². The van der Waals surface area contributed by atoms with Crippen LogP contribution < -0.4 is 15.2 Å². The van der Waals surface area contributed by atoms with Gasteiger partial charge in [0, 0.05) is 29.6 Å². The number of ether oxygens (including phenoxy) is 2. The Hall–Kier alpha value is -1.79. The number of benzene rings is 1. The molecule has 7 heteroatoms. The highest BCUT2D eigenvalue weighted by molar-refractivity contribution is 6.30. The van der Waals surface area contributed by atoms with Crippen molar-refractivity contribution in [2.45, 2.75) is 32.9 Å². The first kappa shape index (κ1) is 15.6. The summed E-state index contributed by atoms with van der Waals surface area (Å²) in [4.78, 5) is 4.24. The van der Waals surface area contributed by atoms with Crippen molar-refractivity contribution in [1.29, 1.82) is 0 Å². The smallest absolute Gasteiger partial charge is 0.264 e. The Morgan fingerprint density at radius 2 is 2.19 bits per heavy atom. The van der Waals surface area contributed by atoms with Crippen molar-refractivity contribution in [2.24, 2.45) is 5.73 Å². The molecule has 0 aliphatic rings. The molecule has 0 unspecified atom stereocenters. The Balaban J connectivity index is 2.14. The summed E-state index contributed by atoms with van der Waals surface area (Å²) in [5.41, 5.74) is 6.47. The van der Waals surface area contributed by atoms with E-state index in [2.05, 4.69) is 17.1 Å². The van der Waals surface area contributed by atoms with Gasteiger partial charge in [0.25, 0.3) is 5.89 Å². The van der Waals surface area contributed by atoms with Gasteiger partial charge in [-0.05, 0) is 12.5 Å². The minimum atomic E-state index is 0.154. The Morgan fingerprint density at radius 1 is 1.38 bits per heavy atom. The van der Waals surface area contributed by atoms with Crippen LogP contribution in [-0.4, -0.2) is 17.3 Å². The Labute approximate surface area is 128 Å². The fraction of sp³-hybridized carbons (Fsp3) is 0.429. The number of aryl methyl sites for hydroxylation is 1. The van der Waals surface area contributed by atoms with Crippen LogP contribution in [0.5, 0.6) is 11.5 Å². The lowest BCUT2D eigenvalue weighted by atomic mass is 10.2. The molecule has 0 atom stereocenters. The van der Waals surface area contributed by atoms with Crippen LogP contribution in [0.4, 0.5) is 0 Å². The van der Waals surface area contributed by atoms with Gasteiger partial charge in [-0.1, -0.05) is 23.7 Å². The van der Waals surface area contributed by atoms with Gasteiger partial charge in [0.05, 0.1) is 7.11 Å². The molecule has 114 valence electrons. The summed E-state index contributed by atoms with van der Waals surface area (Å²) in [6.07, 6.45) is 1.74. The highest BCUT2D eigenvalue weighted by atomic mass is 35.5. The molecule has 2 aromatic rings. The van der Waals surface area contributed by atoms with Crippen molar-refractivity contribution in [2.75, 3.05) is 7.11 Å². The van der Waals surface area contributed by atoms with Gasteiger partial charge in [-0.2, -0.15) is 4.98 Å². The number of methoxy groups -OCH3 is 1. The topological polar surface area (TPSA) is 83.4 Å². The van der Waals surface area contributed by atoms with Crippen molar-refractivity contribution >= 4 is 11.6 Å². The number of hydrogen-bond acceptors (Lipinski definition) is 6. The molecule has 6 nitrogen and oxygen atoms in total. The van der Waals surface area contributed by atoms with Crippen LogP contribution in [0.2, 0.25) is 5.02 Å². The first-order valence-corrected chi connectivity index (χ1v) is 7.06. The number of nitrogens with two attached hydrogens (primary N) is 1. The van der Waals surface area contributed by atoms with E-state index in [9.17, 15) is 0 Å². The quantitative estimate of drug-likeness (QED) is 0.846. The summed E-state index contributed by atoms with van der Waals surface area (Å²) in [5.74, 6) is 2.16. The summed E-state index contributed by atoms with van der Waals surface area (Å²) in [7, 11) is 1.55. The monoisotopic (exact) mass is 311 g/mol. The van der Waals surface area contributed by atoms with Gasteiger partial charge in [-0.25, -0.2) is 0 Å². The predicted molar refractivity (Wildman–Crippen MR) is 78.5 cm³/mol. The van der Waals surface area contributed by atoms with Crippen molar-refractivity contribution in [1.82, 2.24) is 10.1 Å². The van der Waals surface area contributed by atoms with Gasteiger partial charge in [-0.3, -0.25) is 0 Å². The molecule has 1 aromatic heterocycles. The molecule has 21 heavy (non-hydrogen) atoms. The second-order valence-electron chi connectivity index (χ2n) is 4.44. The maximum Gasteiger partial charge on any atom is 0.264 e. The third-order valence-corrected chi connectivity index (χ3v) is 3.08. The van der Waals surface area contributed by atoms with Crippen molar-refractivity contribution in [3.63, 3.8) is 0 Å². The molecule has 2 N–H and O–H groups in total. The second-order valence-corrected chi connectivity index (χ2v) is 4.88. The molecule has 0 amide bonds. The van der Waals surface area contributed by atoms with E-state index in [1.54, 1.807) is 19.2 Å². The highest BCUT2D eigenvalue weighted by Gasteiger charge is 2.14. The van der Waals surface area contributed by atoms with E-state index in [1.165, 1.54) is 0 Å². The molecular formula is C14H18ClN3O3. The number of nitrogens with zero attached hydrogens (tertiary/aromatic N) is 2. The van der Waals surface area contributed by atoms with Crippen LogP contribution in [-0.2, 0) is 19.6 Å². The molecule has 1 heterocycles. The third kappa shape index (κ3) is 3.86. The average molecular weight is 312 g/mol. The predicted octanol–water partition coefficient (Wildman–Crippen LogP) is 2.72. The number of halogens is 1. The Morgan fingerprint density at radius 3 is 2.86 bits per heavy atom. The fourth-order valence-electron chi connectivity index (χ4n) is 1.90. The summed E-state index contributed by atoms with van der Waals surface area (Å²) in [6, 6.07) is 3.42. The number of hydrogen-bond donors (Lipinski definition) is 1. The molecule has 0 radical (unpaired) electrons. The third-order valence-electron chi connectivity index (χ3n) is 2.86. The SMILES string of the molecule is CCCc1noc(COc2c(CN)cc(Cl)cc2OC)n1. The lowest BCUT2D eigenvalue weighted by Gasteiger charge is -2.13. The van der Waals surface area contributed by atoms with E-state index in [-0.39, 0.29) is 13.2 Å². The van der Waals surface area contributed by atoms with Gasteiger partial charge >= 0.3 is 0 Å². The second kappa shape index (κ2) is 7.28.